The van der Waals surface area contributed by atoms with Gasteiger partial charge in [0.15, 0.2) is 0 Å². The van der Waals surface area contributed by atoms with Gasteiger partial charge in [0.1, 0.15) is 11.9 Å². The summed E-state index contributed by atoms with van der Waals surface area (Å²) in [5.41, 5.74) is 12.8. The third-order valence-electron chi connectivity index (χ3n) is 5.59. The summed E-state index contributed by atoms with van der Waals surface area (Å²) >= 11 is 1.68. The predicted molar refractivity (Wildman–Crippen MR) is 113 cm³/mol. The van der Waals surface area contributed by atoms with Gasteiger partial charge in [-0.1, -0.05) is 32.9 Å². The fourth-order valence-corrected chi connectivity index (χ4v) is 5.33. The van der Waals surface area contributed by atoms with Crippen molar-refractivity contribution >= 4 is 21.4 Å². The number of allylic oxidation sites excluding steroid dienone is 3. The van der Waals surface area contributed by atoms with Gasteiger partial charge in [0, 0.05) is 11.6 Å². The first-order valence-corrected chi connectivity index (χ1v) is 10.5. The molecule has 0 spiro atoms. The summed E-state index contributed by atoms with van der Waals surface area (Å²) in [6.07, 6.45) is 3.44. The third-order valence-corrected chi connectivity index (χ3v) is 6.64. The van der Waals surface area contributed by atoms with Gasteiger partial charge in [0.2, 0.25) is 0 Å². The Morgan fingerprint density at radius 1 is 1.30 bits per heavy atom. The number of hydrogen-bond acceptors (Lipinski definition) is 4. The molecule has 2 aliphatic rings. The average Bonchev–Trinajstić information content (AvgIpc) is 3.36. The lowest BCUT2D eigenvalue weighted by Crippen LogP contribution is -2.32. The van der Waals surface area contributed by atoms with Gasteiger partial charge in [-0.3, -0.25) is 0 Å². The molecule has 4 heteroatoms. The number of nitriles is 1. The maximum atomic E-state index is 9.49. The molecule has 1 aromatic heterocycles. The van der Waals surface area contributed by atoms with Crippen molar-refractivity contribution in [2.45, 2.75) is 52.9 Å². The quantitative estimate of drug-likeness (QED) is 0.716. The van der Waals surface area contributed by atoms with E-state index in [1.807, 2.05) is 12.1 Å². The highest BCUT2D eigenvalue weighted by molar-refractivity contribution is 7.17. The van der Waals surface area contributed by atoms with Crippen LogP contribution in [0.5, 0.6) is 0 Å². The number of nitrogens with two attached hydrogens (primary N) is 1. The normalized spacial score (nSPS) is 20.8. The van der Waals surface area contributed by atoms with Crippen LogP contribution in [0.1, 0.15) is 64.0 Å². The van der Waals surface area contributed by atoms with Crippen molar-refractivity contribution in [1.82, 2.24) is 5.32 Å². The standard InChI is InChI=1S/C23H27N3S/c1-13-19(18-12-27-21-15(11-24)6-5-7-16(18)21)17(10-23(2,3)4)22(25)26-20(13)14-8-9-14/h5-7,12,14,19,26H,8-10,25H2,1-4H3. The zero-order valence-corrected chi connectivity index (χ0v) is 17.3. The maximum Gasteiger partial charge on any atom is 0.101 e. The second-order valence-corrected chi connectivity index (χ2v) is 9.97. The summed E-state index contributed by atoms with van der Waals surface area (Å²) in [6, 6.07) is 8.40. The Bertz CT molecular complexity index is 1010. The molecule has 3 N–H and O–H groups in total. The largest absolute Gasteiger partial charge is 0.385 e. The van der Waals surface area contributed by atoms with E-state index in [4.69, 9.17) is 5.73 Å². The van der Waals surface area contributed by atoms with Crippen LogP contribution in [0.4, 0.5) is 0 Å². The van der Waals surface area contributed by atoms with Crippen LogP contribution < -0.4 is 11.1 Å². The Morgan fingerprint density at radius 3 is 2.67 bits per heavy atom. The van der Waals surface area contributed by atoms with Crippen molar-refractivity contribution in [3.8, 4) is 6.07 Å². The predicted octanol–water partition coefficient (Wildman–Crippen LogP) is 5.75. The topological polar surface area (TPSA) is 61.8 Å². The molecule has 1 saturated carbocycles. The van der Waals surface area contributed by atoms with Gasteiger partial charge in [0.25, 0.3) is 0 Å². The number of dihydropyridines is 1. The lowest BCUT2D eigenvalue weighted by atomic mass is 9.75. The molecule has 1 aliphatic carbocycles. The fraction of sp³-hybridized carbons (Fsp3) is 0.435. The molecule has 2 aromatic rings. The Hall–Kier alpha value is -2.25. The molecule has 0 bridgehead atoms. The molecule has 140 valence electrons. The molecule has 27 heavy (non-hydrogen) atoms. The number of thiophene rings is 1. The summed E-state index contributed by atoms with van der Waals surface area (Å²) in [7, 11) is 0. The van der Waals surface area contributed by atoms with Gasteiger partial charge >= 0.3 is 0 Å². The van der Waals surface area contributed by atoms with Crippen LogP contribution in [-0.2, 0) is 0 Å². The van der Waals surface area contributed by atoms with E-state index >= 15 is 0 Å². The van der Waals surface area contributed by atoms with Crippen LogP contribution in [0, 0.1) is 22.7 Å². The molecule has 0 saturated heterocycles. The summed E-state index contributed by atoms with van der Waals surface area (Å²) in [6.45, 7) is 9.05. The monoisotopic (exact) mass is 377 g/mol. The van der Waals surface area contributed by atoms with Crippen molar-refractivity contribution in [2.75, 3.05) is 0 Å². The first-order valence-electron chi connectivity index (χ1n) is 9.66. The van der Waals surface area contributed by atoms with Crippen LogP contribution in [0.15, 0.2) is 46.2 Å². The van der Waals surface area contributed by atoms with Crippen LogP contribution >= 0.6 is 11.3 Å². The highest BCUT2D eigenvalue weighted by Crippen LogP contribution is 2.49. The van der Waals surface area contributed by atoms with Gasteiger partial charge in [-0.05, 0) is 71.1 Å². The van der Waals surface area contributed by atoms with E-state index in [-0.39, 0.29) is 11.3 Å². The van der Waals surface area contributed by atoms with Crippen molar-refractivity contribution in [3.63, 3.8) is 0 Å². The summed E-state index contributed by atoms with van der Waals surface area (Å²) in [5.74, 6) is 1.66. The van der Waals surface area contributed by atoms with Crippen LogP contribution in [0.25, 0.3) is 10.1 Å². The minimum Gasteiger partial charge on any atom is -0.385 e. The Balaban J connectivity index is 1.90. The number of rotatable bonds is 3. The first kappa shape index (κ1) is 18.1. The average molecular weight is 378 g/mol. The number of nitrogens with zero attached hydrogens (tertiary/aromatic N) is 1. The number of fused-ring (bicyclic) bond motifs is 1. The van der Waals surface area contributed by atoms with Crippen molar-refractivity contribution in [2.24, 2.45) is 17.1 Å². The van der Waals surface area contributed by atoms with E-state index < -0.39 is 0 Å². The highest BCUT2D eigenvalue weighted by atomic mass is 32.1. The smallest absolute Gasteiger partial charge is 0.101 e. The fourth-order valence-electron chi connectivity index (χ4n) is 4.27. The zero-order valence-electron chi connectivity index (χ0n) is 16.5. The molecule has 1 atom stereocenters. The van der Waals surface area contributed by atoms with Crippen LogP contribution in [0.2, 0.25) is 0 Å². The molecule has 1 fully saturated rings. The Labute approximate surface area is 165 Å². The lowest BCUT2D eigenvalue weighted by molar-refractivity contribution is 0.396. The Morgan fingerprint density at radius 2 is 2.04 bits per heavy atom. The SMILES string of the molecule is CC1=C(C2CC2)NC(N)=C(CC(C)(C)C)C1c1csc2c(C#N)cccc12. The molecule has 4 rings (SSSR count). The molecule has 1 unspecified atom stereocenters. The molecule has 0 radical (unpaired) electrons. The summed E-state index contributed by atoms with van der Waals surface area (Å²) < 4.78 is 1.09. The first-order chi connectivity index (χ1) is 12.8. The van der Waals surface area contributed by atoms with Crippen molar-refractivity contribution in [1.29, 1.82) is 5.26 Å². The molecular formula is C23H27N3S. The summed E-state index contributed by atoms with van der Waals surface area (Å²) in [4.78, 5) is 0. The number of benzene rings is 1. The minimum absolute atomic E-state index is 0.154. The van der Waals surface area contributed by atoms with Crippen LogP contribution in [0.3, 0.4) is 0 Å². The minimum atomic E-state index is 0.154. The Kier molecular flexibility index (Phi) is 4.31. The van der Waals surface area contributed by atoms with Crippen molar-refractivity contribution in [3.05, 3.63) is 57.4 Å². The van der Waals surface area contributed by atoms with E-state index in [0.29, 0.717) is 5.92 Å². The molecular weight excluding hydrogens is 350 g/mol. The van der Waals surface area contributed by atoms with Gasteiger partial charge in [0.05, 0.1) is 10.3 Å². The second kappa shape index (κ2) is 6.42. The van der Waals surface area contributed by atoms with E-state index in [9.17, 15) is 5.26 Å². The number of hydrogen-bond donors (Lipinski definition) is 2. The van der Waals surface area contributed by atoms with E-state index in [1.54, 1.807) is 11.3 Å². The molecule has 0 amide bonds. The van der Waals surface area contributed by atoms with Gasteiger partial charge < -0.3 is 11.1 Å². The summed E-state index contributed by atoms with van der Waals surface area (Å²) in [5, 5.41) is 16.5. The van der Waals surface area contributed by atoms with Gasteiger partial charge in [-0.15, -0.1) is 11.3 Å². The van der Waals surface area contributed by atoms with Gasteiger partial charge in [-0.25, -0.2) is 0 Å². The van der Waals surface area contributed by atoms with E-state index in [0.717, 1.165) is 22.5 Å². The lowest BCUT2D eigenvalue weighted by Gasteiger charge is -2.35. The molecule has 1 aromatic carbocycles. The maximum absolute atomic E-state index is 9.49. The second-order valence-electron chi connectivity index (χ2n) is 9.09. The van der Waals surface area contributed by atoms with E-state index in [2.05, 4.69) is 50.5 Å². The number of nitrogens with one attached hydrogen (secondary N) is 1. The molecule has 3 nitrogen and oxygen atoms in total. The zero-order chi connectivity index (χ0) is 19.3. The van der Waals surface area contributed by atoms with Crippen molar-refractivity contribution < 1.29 is 0 Å². The van der Waals surface area contributed by atoms with Gasteiger partial charge in [-0.2, -0.15) is 5.26 Å². The van der Waals surface area contributed by atoms with E-state index in [1.165, 1.54) is 40.6 Å². The highest BCUT2D eigenvalue weighted by Gasteiger charge is 2.37. The molecule has 1 aliphatic heterocycles. The molecule has 2 heterocycles. The third kappa shape index (κ3) is 3.26. The van der Waals surface area contributed by atoms with Crippen LogP contribution in [-0.4, -0.2) is 0 Å².